The number of carbonyl (C=O) groups excluding carboxylic acids is 1. The van der Waals surface area contributed by atoms with Crippen molar-refractivity contribution in [2.45, 2.75) is 39.3 Å². The molecule has 0 N–H and O–H groups in total. The van der Waals surface area contributed by atoms with E-state index in [0.29, 0.717) is 36.1 Å². The van der Waals surface area contributed by atoms with Gasteiger partial charge in [-0.25, -0.2) is 0 Å². The molecule has 1 saturated carbocycles. The fourth-order valence-electron chi connectivity index (χ4n) is 3.08. The molecule has 2 aromatic carbocycles. The van der Waals surface area contributed by atoms with Crippen LogP contribution in [0.25, 0.3) is 0 Å². The predicted octanol–water partition coefficient (Wildman–Crippen LogP) is 4.54. The molecule has 1 amide bonds. The second-order valence-corrected chi connectivity index (χ2v) is 7.58. The van der Waals surface area contributed by atoms with Crippen LogP contribution in [0.2, 0.25) is 0 Å². The normalized spacial score (nSPS) is 13.3. The number of carbonyl (C=O) groups is 1. The van der Waals surface area contributed by atoms with Gasteiger partial charge in [-0.3, -0.25) is 4.79 Å². The molecule has 1 aliphatic carbocycles. The molecule has 5 heteroatoms. The highest BCUT2D eigenvalue weighted by Gasteiger charge is 2.34. The number of rotatable bonds is 9. The monoisotopic (exact) mass is 383 g/mol. The van der Waals surface area contributed by atoms with E-state index in [1.165, 1.54) is 0 Å². The molecule has 1 fully saturated rings. The van der Waals surface area contributed by atoms with Crippen molar-refractivity contribution < 1.29 is 19.0 Å². The number of hydrogen-bond donors (Lipinski definition) is 0. The van der Waals surface area contributed by atoms with E-state index in [9.17, 15) is 4.79 Å². The van der Waals surface area contributed by atoms with Crippen LogP contribution in [0.5, 0.6) is 17.2 Å². The number of benzene rings is 2. The fourth-order valence-corrected chi connectivity index (χ4v) is 3.08. The van der Waals surface area contributed by atoms with Gasteiger partial charge in [-0.05, 0) is 54.7 Å². The Morgan fingerprint density at radius 2 is 1.86 bits per heavy atom. The summed E-state index contributed by atoms with van der Waals surface area (Å²) in [6.45, 7) is 5.47. The second-order valence-electron chi connectivity index (χ2n) is 7.58. The molecule has 0 radical (unpaired) electrons. The fraction of sp³-hybridized carbons (Fsp3) is 0.435. The minimum absolute atomic E-state index is 0.0354. The first-order chi connectivity index (χ1) is 13.5. The Balaban J connectivity index is 1.81. The number of hydrogen-bond acceptors (Lipinski definition) is 4. The van der Waals surface area contributed by atoms with Gasteiger partial charge in [0.15, 0.2) is 0 Å². The Kier molecular flexibility index (Phi) is 6.45. The molecule has 0 bridgehead atoms. The summed E-state index contributed by atoms with van der Waals surface area (Å²) >= 11 is 0. The molecule has 5 nitrogen and oxygen atoms in total. The molecule has 0 atom stereocenters. The highest BCUT2D eigenvalue weighted by Crippen LogP contribution is 2.33. The van der Waals surface area contributed by atoms with Crippen molar-refractivity contribution >= 4 is 5.91 Å². The van der Waals surface area contributed by atoms with E-state index in [4.69, 9.17) is 14.2 Å². The molecule has 150 valence electrons. The van der Waals surface area contributed by atoms with Gasteiger partial charge in [-0.2, -0.15) is 0 Å². The summed E-state index contributed by atoms with van der Waals surface area (Å²) in [6.07, 6.45) is 2.06. The van der Waals surface area contributed by atoms with Gasteiger partial charge < -0.3 is 19.1 Å². The van der Waals surface area contributed by atoms with Crippen molar-refractivity contribution in [1.29, 1.82) is 0 Å². The average molecular weight is 383 g/mol. The highest BCUT2D eigenvalue weighted by atomic mass is 16.5. The van der Waals surface area contributed by atoms with E-state index in [2.05, 4.69) is 13.8 Å². The van der Waals surface area contributed by atoms with Gasteiger partial charge >= 0.3 is 0 Å². The Labute approximate surface area is 167 Å². The van der Waals surface area contributed by atoms with Gasteiger partial charge in [-0.15, -0.1) is 0 Å². The van der Waals surface area contributed by atoms with Crippen molar-refractivity contribution in [3.05, 3.63) is 53.6 Å². The molecule has 0 aromatic heterocycles. The van der Waals surface area contributed by atoms with Crippen molar-refractivity contribution in [2.24, 2.45) is 5.92 Å². The third-order valence-corrected chi connectivity index (χ3v) is 4.72. The molecule has 0 saturated heterocycles. The quantitative estimate of drug-likeness (QED) is 0.638. The maximum absolute atomic E-state index is 13.3. The van der Waals surface area contributed by atoms with Crippen molar-refractivity contribution in [3.8, 4) is 17.2 Å². The average Bonchev–Trinajstić information content (AvgIpc) is 3.55. The predicted molar refractivity (Wildman–Crippen MR) is 109 cm³/mol. The standard InChI is InChI=1S/C23H29NO4/c1-16(2)15-28-20-7-5-6-17(12-20)14-24(18-8-9-18)23(25)21-13-19(26-3)10-11-22(21)27-4/h5-7,10-13,16,18H,8-9,14-15H2,1-4H3. The topological polar surface area (TPSA) is 48.0 Å². The van der Waals surface area contributed by atoms with Crippen LogP contribution in [0.3, 0.4) is 0 Å². The lowest BCUT2D eigenvalue weighted by Gasteiger charge is -2.24. The molecule has 1 aliphatic rings. The van der Waals surface area contributed by atoms with Gasteiger partial charge in [0.05, 0.1) is 26.4 Å². The molecule has 0 aliphatic heterocycles. The van der Waals surface area contributed by atoms with Crippen LogP contribution in [0.1, 0.15) is 42.6 Å². The molecule has 0 spiro atoms. The van der Waals surface area contributed by atoms with Crippen LogP contribution >= 0.6 is 0 Å². The van der Waals surface area contributed by atoms with Crippen molar-refractivity contribution in [1.82, 2.24) is 4.90 Å². The van der Waals surface area contributed by atoms with E-state index in [1.54, 1.807) is 32.4 Å². The third-order valence-electron chi connectivity index (χ3n) is 4.72. The first kappa shape index (κ1) is 20.1. The minimum Gasteiger partial charge on any atom is -0.497 e. The van der Waals surface area contributed by atoms with Crippen LogP contribution < -0.4 is 14.2 Å². The summed E-state index contributed by atoms with van der Waals surface area (Å²) in [4.78, 5) is 15.3. The van der Waals surface area contributed by atoms with E-state index >= 15 is 0 Å². The molecule has 0 heterocycles. The molecule has 3 rings (SSSR count). The van der Waals surface area contributed by atoms with Crippen LogP contribution in [-0.2, 0) is 6.54 Å². The molecule has 0 unspecified atom stereocenters. The molecular formula is C23H29NO4. The highest BCUT2D eigenvalue weighted by molar-refractivity contribution is 5.97. The number of methoxy groups -OCH3 is 2. The third kappa shape index (κ3) is 4.97. The van der Waals surface area contributed by atoms with Gasteiger partial charge in [0.25, 0.3) is 5.91 Å². The largest absolute Gasteiger partial charge is 0.497 e. The maximum Gasteiger partial charge on any atom is 0.258 e. The maximum atomic E-state index is 13.3. The summed E-state index contributed by atoms with van der Waals surface area (Å²) < 4.78 is 16.6. The van der Waals surface area contributed by atoms with E-state index in [1.807, 2.05) is 29.2 Å². The number of amides is 1. The van der Waals surface area contributed by atoms with Crippen LogP contribution in [-0.4, -0.2) is 37.7 Å². The molecular weight excluding hydrogens is 354 g/mol. The van der Waals surface area contributed by atoms with E-state index in [-0.39, 0.29) is 11.9 Å². The van der Waals surface area contributed by atoms with Gasteiger partial charge in [0.1, 0.15) is 17.2 Å². The first-order valence-corrected chi connectivity index (χ1v) is 9.76. The van der Waals surface area contributed by atoms with Crippen LogP contribution in [0.15, 0.2) is 42.5 Å². The Morgan fingerprint density at radius 1 is 1.07 bits per heavy atom. The summed E-state index contributed by atoms with van der Waals surface area (Å²) in [5.74, 6) is 2.48. The summed E-state index contributed by atoms with van der Waals surface area (Å²) in [6, 6.07) is 13.6. The minimum atomic E-state index is -0.0354. The Hall–Kier alpha value is -2.69. The van der Waals surface area contributed by atoms with E-state index < -0.39 is 0 Å². The number of ether oxygens (including phenoxy) is 3. The van der Waals surface area contributed by atoms with Crippen molar-refractivity contribution in [3.63, 3.8) is 0 Å². The van der Waals surface area contributed by atoms with Crippen LogP contribution in [0, 0.1) is 5.92 Å². The first-order valence-electron chi connectivity index (χ1n) is 9.76. The van der Waals surface area contributed by atoms with Gasteiger partial charge in [0.2, 0.25) is 0 Å². The molecule has 2 aromatic rings. The lowest BCUT2D eigenvalue weighted by atomic mass is 10.1. The Bertz CT molecular complexity index is 814. The van der Waals surface area contributed by atoms with Gasteiger partial charge in [-0.1, -0.05) is 26.0 Å². The lowest BCUT2D eigenvalue weighted by molar-refractivity contribution is 0.0726. The smallest absolute Gasteiger partial charge is 0.258 e. The zero-order valence-corrected chi connectivity index (χ0v) is 17.1. The summed E-state index contributed by atoms with van der Waals surface area (Å²) in [5, 5.41) is 0. The van der Waals surface area contributed by atoms with Gasteiger partial charge in [0, 0.05) is 12.6 Å². The summed E-state index contributed by atoms with van der Waals surface area (Å²) in [7, 11) is 3.17. The zero-order chi connectivity index (χ0) is 20.1. The lowest BCUT2D eigenvalue weighted by Crippen LogP contribution is -2.32. The van der Waals surface area contributed by atoms with Crippen molar-refractivity contribution in [2.75, 3.05) is 20.8 Å². The van der Waals surface area contributed by atoms with Crippen LogP contribution in [0.4, 0.5) is 0 Å². The summed E-state index contributed by atoms with van der Waals surface area (Å²) in [5.41, 5.74) is 1.59. The SMILES string of the molecule is COc1ccc(OC)c(C(=O)N(Cc2cccc(OCC(C)C)c2)C2CC2)c1. The molecule has 28 heavy (non-hydrogen) atoms. The Morgan fingerprint density at radius 3 is 2.50 bits per heavy atom. The zero-order valence-electron chi connectivity index (χ0n) is 17.1. The van der Waals surface area contributed by atoms with E-state index in [0.717, 1.165) is 24.2 Å². The second kappa shape index (κ2) is 9.00. The number of nitrogens with zero attached hydrogens (tertiary/aromatic N) is 1.